The first-order chi connectivity index (χ1) is 7.54. The Balaban J connectivity index is 2.83. The quantitative estimate of drug-likeness (QED) is 0.556. The summed E-state index contributed by atoms with van der Waals surface area (Å²) in [6.07, 6.45) is 1.18. The zero-order chi connectivity index (χ0) is 12.1. The Labute approximate surface area is 99.0 Å². The van der Waals surface area contributed by atoms with Gasteiger partial charge in [-0.25, -0.2) is 4.99 Å². The molecule has 0 aliphatic rings. The fraction of sp³-hybridized carbons (Fsp3) is 0.500. The number of benzene rings is 1. The Morgan fingerprint density at radius 2 is 1.81 bits per heavy atom. The van der Waals surface area contributed by atoms with Gasteiger partial charge in [-0.3, -0.25) is 0 Å². The molecular formula is C14H22N2. The van der Waals surface area contributed by atoms with Crippen molar-refractivity contribution in [1.82, 2.24) is 4.90 Å². The van der Waals surface area contributed by atoms with Crippen LogP contribution in [0.15, 0.2) is 29.3 Å². The first-order valence-corrected chi connectivity index (χ1v) is 5.87. The van der Waals surface area contributed by atoms with Crippen molar-refractivity contribution >= 4 is 11.5 Å². The maximum absolute atomic E-state index is 4.53. The zero-order valence-electron chi connectivity index (χ0n) is 11.0. The Bertz CT molecular complexity index is 350. The second-order valence-electron chi connectivity index (χ2n) is 4.45. The van der Waals surface area contributed by atoms with Crippen molar-refractivity contribution in [2.45, 2.75) is 33.1 Å². The lowest BCUT2D eigenvalue weighted by atomic mass is 9.99. The van der Waals surface area contributed by atoms with E-state index in [9.17, 15) is 0 Å². The van der Waals surface area contributed by atoms with E-state index in [4.69, 9.17) is 0 Å². The first kappa shape index (κ1) is 12.8. The molecular weight excluding hydrogens is 196 g/mol. The predicted molar refractivity (Wildman–Crippen MR) is 71.6 cm³/mol. The molecule has 1 aromatic rings. The molecule has 0 fully saturated rings. The van der Waals surface area contributed by atoms with Gasteiger partial charge >= 0.3 is 0 Å². The van der Waals surface area contributed by atoms with Crippen LogP contribution in [0.1, 0.15) is 38.7 Å². The number of nitrogens with zero attached hydrogens (tertiary/aromatic N) is 2. The first-order valence-electron chi connectivity index (χ1n) is 5.87. The molecule has 88 valence electrons. The van der Waals surface area contributed by atoms with Crippen LogP contribution < -0.4 is 0 Å². The van der Waals surface area contributed by atoms with Crippen molar-refractivity contribution < 1.29 is 0 Å². The lowest BCUT2D eigenvalue weighted by Crippen LogP contribution is -2.17. The lowest BCUT2D eigenvalue weighted by Gasteiger charge is -2.12. The summed E-state index contributed by atoms with van der Waals surface area (Å²) >= 11 is 0. The molecule has 0 bridgehead atoms. The third-order valence-corrected chi connectivity index (χ3v) is 3.01. The highest BCUT2D eigenvalue weighted by molar-refractivity contribution is 5.81. The molecule has 2 heteroatoms. The summed E-state index contributed by atoms with van der Waals surface area (Å²) in [7, 11) is 4.01. The molecule has 1 unspecified atom stereocenters. The number of hydrogen-bond acceptors (Lipinski definition) is 1. The van der Waals surface area contributed by atoms with E-state index in [1.165, 1.54) is 12.0 Å². The van der Waals surface area contributed by atoms with E-state index in [1.807, 2.05) is 25.9 Å². The Kier molecular flexibility index (Phi) is 4.53. The molecule has 0 aliphatic carbocycles. The smallest absolute Gasteiger partial charge is 0.101 e. The zero-order valence-corrected chi connectivity index (χ0v) is 11.0. The summed E-state index contributed by atoms with van der Waals surface area (Å²) < 4.78 is 0. The molecule has 0 amide bonds. The van der Waals surface area contributed by atoms with Crippen LogP contribution in [0.5, 0.6) is 0 Å². The monoisotopic (exact) mass is 218 g/mol. The summed E-state index contributed by atoms with van der Waals surface area (Å²) in [6, 6.07) is 8.54. The maximum atomic E-state index is 4.53. The number of amidine groups is 1. The summed E-state index contributed by atoms with van der Waals surface area (Å²) in [5.41, 5.74) is 2.42. The van der Waals surface area contributed by atoms with Gasteiger partial charge in [0.15, 0.2) is 0 Å². The highest BCUT2D eigenvalue weighted by Crippen LogP contribution is 2.21. The van der Waals surface area contributed by atoms with Gasteiger partial charge in [-0.05, 0) is 37.0 Å². The van der Waals surface area contributed by atoms with Crippen molar-refractivity contribution in [1.29, 1.82) is 0 Å². The highest BCUT2D eigenvalue weighted by Gasteiger charge is 2.02. The van der Waals surface area contributed by atoms with Gasteiger partial charge in [-0.15, -0.1) is 0 Å². The fourth-order valence-corrected chi connectivity index (χ4v) is 1.40. The van der Waals surface area contributed by atoms with Crippen molar-refractivity contribution in [3.05, 3.63) is 29.8 Å². The van der Waals surface area contributed by atoms with Gasteiger partial charge in [0.2, 0.25) is 0 Å². The molecule has 0 radical (unpaired) electrons. The van der Waals surface area contributed by atoms with Crippen molar-refractivity contribution in [2.75, 3.05) is 14.1 Å². The summed E-state index contributed by atoms with van der Waals surface area (Å²) in [5.74, 6) is 1.66. The molecule has 0 saturated heterocycles. The van der Waals surface area contributed by atoms with E-state index < -0.39 is 0 Å². The van der Waals surface area contributed by atoms with Crippen LogP contribution in [0.4, 0.5) is 5.69 Å². The summed E-state index contributed by atoms with van der Waals surface area (Å²) in [4.78, 5) is 6.54. The second kappa shape index (κ2) is 5.69. The van der Waals surface area contributed by atoms with E-state index in [0.717, 1.165) is 11.5 Å². The van der Waals surface area contributed by atoms with Crippen LogP contribution in [0, 0.1) is 0 Å². The molecule has 0 heterocycles. The minimum absolute atomic E-state index is 0.632. The predicted octanol–water partition coefficient (Wildman–Crippen LogP) is 3.81. The average Bonchev–Trinajstić information content (AvgIpc) is 2.28. The molecule has 2 nitrogen and oxygen atoms in total. The van der Waals surface area contributed by atoms with Crippen LogP contribution in [0.2, 0.25) is 0 Å². The largest absolute Gasteiger partial charge is 0.366 e. The number of hydrogen-bond donors (Lipinski definition) is 0. The minimum Gasteiger partial charge on any atom is -0.366 e. The van der Waals surface area contributed by atoms with Gasteiger partial charge in [0.05, 0.1) is 5.69 Å². The van der Waals surface area contributed by atoms with Crippen molar-refractivity contribution in [3.8, 4) is 0 Å². The van der Waals surface area contributed by atoms with Gasteiger partial charge < -0.3 is 4.90 Å². The highest BCUT2D eigenvalue weighted by atomic mass is 15.1. The van der Waals surface area contributed by atoms with Gasteiger partial charge in [0, 0.05) is 14.1 Å². The number of aliphatic imine (C=N–C) groups is 1. The van der Waals surface area contributed by atoms with Crippen LogP contribution in [0.25, 0.3) is 0 Å². The molecule has 1 aromatic carbocycles. The average molecular weight is 218 g/mol. The standard InChI is InChI=1S/C14H22N2/c1-6-11(2)13-7-9-14(10-8-13)15-12(3)16(4)5/h7-11H,6H2,1-5H3. The SMILES string of the molecule is CCC(C)c1ccc(N=C(C)N(C)C)cc1. The molecule has 1 atom stereocenters. The van der Waals surface area contributed by atoms with Crippen LogP contribution in [-0.4, -0.2) is 24.8 Å². The van der Waals surface area contributed by atoms with E-state index >= 15 is 0 Å². The second-order valence-corrected chi connectivity index (χ2v) is 4.45. The minimum atomic E-state index is 0.632. The van der Waals surface area contributed by atoms with E-state index in [-0.39, 0.29) is 0 Å². The van der Waals surface area contributed by atoms with E-state index in [2.05, 4.69) is 43.1 Å². The molecule has 0 saturated carbocycles. The Morgan fingerprint density at radius 3 is 2.25 bits per heavy atom. The third kappa shape index (κ3) is 3.37. The molecule has 0 N–H and O–H groups in total. The van der Waals surface area contributed by atoms with E-state index in [1.54, 1.807) is 0 Å². The fourth-order valence-electron chi connectivity index (χ4n) is 1.40. The van der Waals surface area contributed by atoms with Crippen molar-refractivity contribution in [2.24, 2.45) is 4.99 Å². The normalized spacial score (nSPS) is 13.7. The van der Waals surface area contributed by atoms with Gasteiger partial charge in [-0.1, -0.05) is 26.0 Å². The third-order valence-electron chi connectivity index (χ3n) is 3.01. The van der Waals surface area contributed by atoms with Crippen molar-refractivity contribution in [3.63, 3.8) is 0 Å². The Morgan fingerprint density at radius 1 is 1.25 bits per heavy atom. The molecule has 16 heavy (non-hydrogen) atoms. The van der Waals surface area contributed by atoms with Crippen LogP contribution in [-0.2, 0) is 0 Å². The van der Waals surface area contributed by atoms with Gasteiger partial charge in [-0.2, -0.15) is 0 Å². The van der Waals surface area contributed by atoms with E-state index in [0.29, 0.717) is 5.92 Å². The van der Waals surface area contributed by atoms with Crippen LogP contribution in [0.3, 0.4) is 0 Å². The number of rotatable bonds is 3. The lowest BCUT2D eigenvalue weighted by molar-refractivity contribution is 0.619. The molecule has 0 aromatic heterocycles. The molecule has 0 aliphatic heterocycles. The topological polar surface area (TPSA) is 15.6 Å². The summed E-state index contributed by atoms with van der Waals surface area (Å²) in [6.45, 7) is 6.48. The van der Waals surface area contributed by atoms with Gasteiger partial charge in [0.1, 0.15) is 5.84 Å². The van der Waals surface area contributed by atoms with Gasteiger partial charge in [0.25, 0.3) is 0 Å². The Hall–Kier alpha value is -1.31. The summed E-state index contributed by atoms with van der Waals surface area (Å²) in [5, 5.41) is 0. The van der Waals surface area contributed by atoms with Crippen LogP contribution >= 0.6 is 0 Å². The molecule has 1 rings (SSSR count). The molecule has 0 spiro atoms. The maximum Gasteiger partial charge on any atom is 0.101 e.